The lowest BCUT2D eigenvalue weighted by Gasteiger charge is -2.33. The van der Waals surface area contributed by atoms with Crippen molar-refractivity contribution in [2.75, 3.05) is 19.0 Å². The van der Waals surface area contributed by atoms with Gasteiger partial charge in [0.15, 0.2) is 5.76 Å². The summed E-state index contributed by atoms with van der Waals surface area (Å²) in [5.41, 5.74) is 1.32. The summed E-state index contributed by atoms with van der Waals surface area (Å²) in [5.74, 6) is 1.95. The highest BCUT2D eigenvalue weighted by Crippen LogP contribution is 2.24. The molecule has 9 heteroatoms. The first kappa shape index (κ1) is 23.6. The molecule has 9 nitrogen and oxygen atoms in total. The number of ether oxygens (including phenoxy) is 3. The van der Waals surface area contributed by atoms with E-state index >= 15 is 0 Å². The molecule has 0 spiro atoms. The fourth-order valence-electron chi connectivity index (χ4n) is 3.81. The summed E-state index contributed by atoms with van der Waals surface area (Å²) >= 11 is 0. The third kappa shape index (κ3) is 6.49. The number of aliphatic hydroxyl groups is 1. The van der Waals surface area contributed by atoms with E-state index in [1.807, 2.05) is 42.5 Å². The summed E-state index contributed by atoms with van der Waals surface area (Å²) in [7, 11) is 1.54. The number of hydrogen-bond donors (Lipinski definition) is 3. The number of aromatic nitrogens is 1. The zero-order valence-corrected chi connectivity index (χ0v) is 19.0. The van der Waals surface area contributed by atoms with E-state index in [1.165, 1.54) is 0 Å². The minimum Gasteiger partial charge on any atom is -0.495 e. The van der Waals surface area contributed by atoms with Gasteiger partial charge in [-0.25, -0.2) is 4.79 Å². The third-order valence-corrected chi connectivity index (χ3v) is 5.57. The number of amides is 2. The van der Waals surface area contributed by atoms with Crippen molar-refractivity contribution in [1.29, 1.82) is 0 Å². The molecule has 0 bridgehead atoms. The smallest absolute Gasteiger partial charge is 0.319 e. The quantitative estimate of drug-likeness (QED) is 0.441. The third-order valence-electron chi connectivity index (χ3n) is 5.57. The van der Waals surface area contributed by atoms with Crippen molar-refractivity contribution in [2.24, 2.45) is 0 Å². The average molecular weight is 468 g/mol. The molecule has 3 aromatic rings. The van der Waals surface area contributed by atoms with Crippen molar-refractivity contribution < 1.29 is 28.6 Å². The molecule has 0 aliphatic carbocycles. The van der Waals surface area contributed by atoms with Crippen LogP contribution in [-0.4, -0.2) is 48.3 Å². The maximum absolute atomic E-state index is 12.3. The molecule has 1 aromatic heterocycles. The monoisotopic (exact) mass is 467 g/mol. The number of carbonyl (C=O) groups excluding carboxylic acids is 1. The normalized spacial score (nSPS) is 19.9. The number of aliphatic hydroxyl groups excluding tert-OH is 1. The van der Waals surface area contributed by atoms with E-state index in [-0.39, 0.29) is 19.3 Å². The standard InChI is InChI=1S/C25H29N3O6/c1-31-23-10-6-5-9-21(23)27-25(30)26-15-24-22(29)12-11-19(33-24)13-17-14-20(34-28-17)16-32-18-7-3-2-4-8-18/h2-10,14,19,22,24,29H,11-13,15-16H2,1H3,(H2,26,27,30). The largest absolute Gasteiger partial charge is 0.495 e. The lowest BCUT2D eigenvalue weighted by molar-refractivity contribution is -0.113. The molecule has 0 saturated carbocycles. The van der Waals surface area contributed by atoms with Crippen LogP contribution in [0.1, 0.15) is 24.3 Å². The molecule has 3 unspecified atom stereocenters. The number of carbonyl (C=O) groups is 1. The summed E-state index contributed by atoms with van der Waals surface area (Å²) in [6.07, 6.45) is 0.497. The molecule has 3 atom stereocenters. The van der Waals surface area contributed by atoms with E-state index in [2.05, 4.69) is 15.8 Å². The Morgan fingerprint density at radius 1 is 1.15 bits per heavy atom. The molecule has 1 fully saturated rings. The van der Waals surface area contributed by atoms with Gasteiger partial charge in [-0.05, 0) is 37.1 Å². The highest BCUT2D eigenvalue weighted by Gasteiger charge is 2.31. The molecule has 2 aromatic carbocycles. The van der Waals surface area contributed by atoms with Gasteiger partial charge in [0.1, 0.15) is 24.2 Å². The molecule has 1 saturated heterocycles. The van der Waals surface area contributed by atoms with Gasteiger partial charge in [-0.1, -0.05) is 35.5 Å². The number of anilines is 1. The van der Waals surface area contributed by atoms with Crippen molar-refractivity contribution in [3.05, 3.63) is 72.1 Å². The summed E-state index contributed by atoms with van der Waals surface area (Å²) in [6, 6.07) is 18.1. The van der Waals surface area contributed by atoms with Crippen LogP contribution in [0.4, 0.5) is 10.5 Å². The van der Waals surface area contributed by atoms with Gasteiger partial charge in [-0.3, -0.25) is 0 Å². The number of nitrogens with one attached hydrogen (secondary N) is 2. The highest BCUT2D eigenvalue weighted by molar-refractivity contribution is 5.90. The molecule has 3 N–H and O–H groups in total. The van der Waals surface area contributed by atoms with Crippen molar-refractivity contribution in [1.82, 2.24) is 10.5 Å². The SMILES string of the molecule is COc1ccccc1NC(=O)NCC1OC(Cc2cc(COc3ccccc3)on2)CCC1O. The topological polar surface area (TPSA) is 115 Å². The van der Waals surface area contributed by atoms with Crippen molar-refractivity contribution >= 4 is 11.7 Å². The van der Waals surface area contributed by atoms with Crippen molar-refractivity contribution in [2.45, 2.75) is 44.2 Å². The molecule has 34 heavy (non-hydrogen) atoms. The predicted molar refractivity (Wildman–Crippen MR) is 125 cm³/mol. The van der Waals surface area contributed by atoms with E-state index in [4.69, 9.17) is 18.7 Å². The van der Waals surface area contributed by atoms with E-state index in [0.717, 1.165) is 11.4 Å². The maximum Gasteiger partial charge on any atom is 0.319 e. The van der Waals surface area contributed by atoms with Crippen LogP contribution in [0.5, 0.6) is 11.5 Å². The Labute approximate surface area is 198 Å². The first-order valence-corrected chi connectivity index (χ1v) is 11.2. The second-order valence-corrected chi connectivity index (χ2v) is 8.07. The van der Waals surface area contributed by atoms with E-state index < -0.39 is 18.2 Å². The number of nitrogens with zero attached hydrogens (tertiary/aromatic N) is 1. The van der Waals surface area contributed by atoms with Gasteiger partial charge < -0.3 is 34.5 Å². The number of para-hydroxylation sites is 3. The Bertz CT molecular complexity index is 1060. The van der Waals surface area contributed by atoms with Crippen LogP contribution < -0.4 is 20.1 Å². The number of benzene rings is 2. The second kappa shape index (κ2) is 11.5. The van der Waals surface area contributed by atoms with Crippen LogP contribution in [0.3, 0.4) is 0 Å². The van der Waals surface area contributed by atoms with Crippen LogP contribution >= 0.6 is 0 Å². The van der Waals surface area contributed by atoms with Crippen LogP contribution in [0, 0.1) is 0 Å². The van der Waals surface area contributed by atoms with E-state index in [1.54, 1.807) is 25.3 Å². The fourth-order valence-corrected chi connectivity index (χ4v) is 3.81. The molecule has 2 heterocycles. The number of methoxy groups -OCH3 is 1. The predicted octanol–water partition coefficient (Wildman–Crippen LogP) is 3.53. The molecular formula is C25H29N3O6. The van der Waals surface area contributed by atoms with Crippen LogP contribution in [0.15, 0.2) is 65.2 Å². The average Bonchev–Trinajstić information content (AvgIpc) is 3.31. The lowest BCUT2D eigenvalue weighted by atomic mass is 9.98. The number of hydrogen-bond acceptors (Lipinski definition) is 7. The van der Waals surface area contributed by atoms with Gasteiger partial charge in [0.25, 0.3) is 0 Å². The molecule has 1 aliphatic heterocycles. The van der Waals surface area contributed by atoms with Crippen molar-refractivity contribution in [3.63, 3.8) is 0 Å². The molecule has 180 valence electrons. The summed E-state index contributed by atoms with van der Waals surface area (Å²) < 4.78 is 22.4. The molecule has 2 amide bonds. The van der Waals surface area contributed by atoms with Gasteiger partial charge in [-0.15, -0.1) is 0 Å². The summed E-state index contributed by atoms with van der Waals surface area (Å²) in [4.78, 5) is 12.3. The second-order valence-electron chi connectivity index (χ2n) is 8.07. The van der Waals surface area contributed by atoms with Gasteiger partial charge in [0.2, 0.25) is 0 Å². The van der Waals surface area contributed by atoms with Crippen LogP contribution in [-0.2, 0) is 17.8 Å². The summed E-state index contributed by atoms with van der Waals surface area (Å²) in [6.45, 7) is 0.461. The van der Waals surface area contributed by atoms with Crippen LogP contribution in [0.2, 0.25) is 0 Å². The summed E-state index contributed by atoms with van der Waals surface area (Å²) in [5, 5.41) is 20.0. The first-order chi connectivity index (χ1) is 16.6. The van der Waals surface area contributed by atoms with Crippen LogP contribution in [0.25, 0.3) is 0 Å². The Morgan fingerprint density at radius 3 is 2.76 bits per heavy atom. The number of urea groups is 1. The van der Waals surface area contributed by atoms with Gasteiger partial charge >= 0.3 is 6.03 Å². The van der Waals surface area contributed by atoms with Gasteiger partial charge in [0, 0.05) is 19.0 Å². The zero-order chi connectivity index (χ0) is 23.8. The first-order valence-electron chi connectivity index (χ1n) is 11.2. The lowest BCUT2D eigenvalue weighted by Crippen LogP contribution is -2.47. The molecular weight excluding hydrogens is 438 g/mol. The van der Waals surface area contributed by atoms with Gasteiger partial charge in [-0.2, -0.15) is 0 Å². The Kier molecular flexibility index (Phi) is 8.00. The number of rotatable bonds is 9. The molecule has 1 aliphatic rings. The van der Waals surface area contributed by atoms with E-state index in [0.29, 0.717) is 36.5 Å². The molecule has 0 radical (unpaired) electrons. The molecule has 4 rings (SSSR count). The fraction of sp³-hybridized carbons (Fsp3) is 0.360. The minimum absolute atomic E-state index is 0.138. The Balaban J connectivity index is 1.24. The van der Waals surface area contributed by atoms with Crippen molar-refractivity contribution in [3.8, 4) is 11.5 Å². The van der Waals surface area contributed by atoms with Gasteiger partial charge in [0.05, 0.1) is 30.7 Å². The maximum atomic E-state index is 12.3. The zero-order valence-electron chi connectivity index (χ0n) is 19.0. The Hall–Kier alpha value is -3.56. The Morgan fingerprint density at radius 2 is 1.94 bits per heavy atom. The van der Waals surface area contributed by atoms with E-state index in [9.17, 15) is 9.90 Å². The highest BCUT2D eigenvalue weighted by atomic mass is 16.5. The minimum atomic E-state index is -0.657.